The highest BCUT2D eigenvalue weighted by Gasteiger charge is 2.15. The molecule has 0 radical (unpaired) electrons. The molecule has 1 aliphatic rings. The van der Waals surface area contributed by atoms with Crippen molar-refractivity contribution in [2.24, 2.45) is 0 Å². The first-order chi connectivity index (χ1) is 12.3. The predicted octanol–water partition coefficient (Wildman–Crippen LogP) is 3.54. The average Bonchev–Trinajstić information content (AvgIpc) is 3.14. The van der Waals surface area contributed by atoms with Gasteiger partial charge >= 0.3 is 0 Å². The first-order valence-corrected chi connectivity index (χ1v) is 10.1. The van der Waals surface area contributed by atoms with Gasteiger partial charge in [-0.05, 0) is 31.0 Å². The molecule has 1 fully saturated rings. The molecule has 0 spiro atoms. The molecule has 25 heavy (non-hydrogen) atoms. The number of nitrogens with one attached hydrogen (secondary N) is 2. The van der Waals surface area contributed by atoms with Crippen molar-refractivity contribution in [3.63, 3.8) is 0 Å². The summed E-state index contributed by atoms with van der Waals surface area (Å²) in [6.07, 6.45) is 3.87. The van der Waals surface area contributed by atoms with Gasteiger partial charge in [0.05, 0.1) is 16.7 Å². The van der Waals surface area contributed by atoms with Gasteiger partial charge < -0.3 is 15.0 Å². The number of aromatic nitrogens is 3. The Morgan fingerprint density at radius 1 is 1.36 bits per heavy atom. The number of anilines is 2. The zero-order chi connectivity index (χ0) is 17.1. The maximum Gasteiger partial charge on any atom is 0.258 e. The Morgan fingerprint density at radius 2 is 2.24 bits per heavy atom. The van der Waals surface area contributed by atoms with Gasteiger partial charge in [-0.3, -0.25) is 4.79 Å². The molecule has 1 aromatic carbocycles. The Labute approximate surface area is 153 Å². The Morgan fingerprint density at radius 3 is 3.04 bits per heavy atom. The molecule has 1 aliphatic heterocycles. The van der Waals surface area contributed by atoms with Gasteiger partial charge in [0.2, 0.25) is 0 Å². The van der Waals surface area contributed by atoms with Gasteiger partial charge in [-0.25, -0.2) is 9.97 Å². The molecular formula is C17H18N4O2S2. The van der Waals surface area contributed by atoms with E-state index < -0.39 is 0 Å². The zero-order valence-corrected chi connectivity index (χ0v) is 15.2. The monoisotopic (exact) mass is 374 g/mol. The summed E-state index contributed by atoms with van der Waals surface area (Å²) >= 11 is 3.37. The summed E-state index contributed by atoms with van der Waals surface area (Å²) in [6.45, 7) is 1.65. The Hall–Kier alpha value is -1.90. The van der Waals surface area contributed by atoms with Crippen molar-refractivity contribution in [2.75, 3.05) is 18.5 Å². The van der Waals surface area contributed by atoms with E-state index in [4.69, 9.17) is 4.74 Å². The lowest BCUT2D eigenvalue weighted by atomic mass is 10.2. The van der Waals surface area contributed by atoms with Crippen molar-refractivity contribution in [1.82, 2.24) is 15.0 Å². The highest BCUT2D eigenvalue weighted by atomic mass is 32.2. The van der Waals surface area contributed by atoms with Gasteiger partial charge in [-0.2, -0.15) is 11.8 Å². The molecule has 1 saturated heterocycles. The highest BCUT2D eigenvalue weighted by molar-refractivity contribution is 7.99. The van der Waals surface area contributed by atoms with Crippen LogP contribution in [-0.4, -0.2) is 33.4 Å². The Kier molecular flexibility index (Phi) is 5.00. The van der Waals surface area contributed by atoms with Gasteiger partial charge in [-0.1, -0.05) is 0 Å². The fraction of sp³-hybridized carbons (Fsp3) is 0.353. The molecule has 6 nitrogen and oxygen atoms in total. The molecule has 0 atom stereocenters. The van der Waals surface area contributed by atoms with E-state index in [1.165, 1.54) is 11.3 Å². The van der Waals surface area contributed by atoms with E-state index in [2.05, 4.69) is 20.3 Å². The number of thioether (sulfide) groups is 1. The number of ether oxygens (including phenoxy) is 1. The molecule has 8 heteroatoms. The minimum atomic E-state index is -0.0895. The van der Waals surface area contributed by atoms with E-state index in [9.17, 15) is 4.79 Å². The fourth-order valence-corrected chi connectivity index (χ4v) is 4.39. The lowest BCUT2D eigenvalue weighted by molar-refractivity contribution is 0.1000. The van der Waals surface area contributed by atoms with Crippen LogP contribution in [0.1, 0.15) is 18.7 Å². The Bertz CT molecular complexity index is 905. The maximum absolute atomic E-state index is 12.3. The molecule has 130 valence electrons. The van der Waals surface area contributed by atoms with Crippen LogP contribution in [0.3, 0.4) is 0 Å². The smallest absolute Gasteiger partial charge is 0.258 e. The van der Waals surface area contributed by atoms with E-state index >= 15 is 0 Å². The molecule has 0 amide bonds. The second-order valence-corrected chi connectivity index (χ2v) is 8.01. The van der Waals surface area contributed by atoms with Crippen LogP contribution in [-0.2, 0) is 10.5 Å². The normalized spacial score (nSPS) is 15.5. The molecule has 3 aromatic rings. The molecule has 3 heterocycles. The number of aromatic amines is 1. The average molecular weight is 374 g/mol. The first-order valence-electron chi connectivity index (χ1n) is 8.17. The standard InChI is InChI=1S/C17H18N4O2S2/c22-16-13-2-1-11(19-17-18-5-8-24-17)9-14(13)20-15(21-16)10-25-12-3-6-23-7-4-12/h1-2,5,8-9,12H,3-4,6-7,10H2,(H,18,19)(H,20,21,22). The third-order valence-electron chi connectivity index (χ3n) is 4.06. The maximum atomic E-state index is 12.3. The molecule has 2 N–H and O–H groups in total. The number of thiazole rings is 1. The van der Waals surface area contributed by atoms with Gasteiger partial charge in [0.15, 0.2) is 5.13 Å². The largest absolute Gasteiger partial charge is 0.381 e. The van der Waals surface area contributed by atoms with Crippen molar-refractivity contribution in [3.8, 4) is 0 Å². The number of rotatable bonds is 5. The van der Waals surface area contributed by atoms with E-state index in [-0.39, 0.29) is 5.56 Å². The molecule has 0 saturated carbocycles. The summed E-state index contributed by atoms with van der Waals surface area (Å²) < 4.78 is 5.39. The minimum Gasteiger partial charge on any atom is -0.381 e. The number of fused-ring (bicyclic) bond motifs is 1. The van der Waals surface area contributed by atoms with Crippen molar-refractivity contribution in [1.29, 1.82) is 0 Å². The topological polar surface area (TPSA) is 79.9 Å². The fourth-order valence-electron chi connectivity index (χ4n) is 2.78. The van der Waals surface area contributed by atoms with E-state index in [0.717, 1.165) is 42.7 Å². The van der Waals surface area contributed by atoms with Crippen LogP contribution in [0.2, 0.25) is 0 Å². The zero-order valence-electron chi connectivity index (χ0n) is 13.5. The molecule has 4 rings (SSSR count). The third kappa shape index (κ3) is 4.02. The molecule has 2 aromatic heterocycles. The highest BCUT2D eigenvalue weighted by Crippen LogP contribution is 2.25. The van der Waals surface area contributed by atoms with Gasteiger partial charge in [0.25, 0.3) is 5.56 Å². The van der Waals surface area contributed by atoms with Gasteiger partial charge in [0, 0.05) is 35.7 Å². The van der Waals surface area contributed by atoms with Crippen LogP contribution >= 0.6 is 23.1 Å². The van der Waals surface area contributed by atoms with Crippen LogP contribution in [0.15, 0.2) is 34.6 Å². The minimum absolute atomic E-state index is 0.0895. The number of hydrogen-bond acceptors (Lipinski definition) is 7. The van der Waals surface area contributed by atoms with Crippen LogP contribution in [0, 0.1) is 0 Å². The number of H-pyrrole nitrogens is 1. The van der Waals surface area contributed by atoms with Crippen molar-refractivity contribution in [3.05, 3.63) is 46.0 Å². The van der Waals surface area contributed by atoms with Crippen LogP contribution in [0.25, 0.3) is 10.9 Å². The molecule has 0 bridgehead atoms. The summed E-state index contributed by atoms with van der Waals surface area (Å²) in [6, 6.07) is 5.57. The quantitative estimate of drug-likeness (QED) is 0.711. The van der Waals surface area contributed by atoms with Crippen molar-refractivity contribution >= 4 is 44.8 Å². The molecule has 0 aliphatic carbocycles. The summed E-state index contributed by atoms with van der Waals surface area (Å²) in [5.74, 6) is 1.43. The first kappa shape index (κ1) is 16.6. The summed E-state index contributed by atoms with van der Waals surface area (Å²) in [5.41, 5.74) is 1.49. The van der Waals surface area contributed by atoms with Crippen LogP contribution in [0.5, 0.6) is 0 Å². The van der Waals surface area contributed by atoms with Crippen LogP contribution < -0.4 is 10.9 Å². The number of hydrogen-bond donors (Lipinski definition) is 2. The van der Waals surface area contributed by atoms with Gasteiger partial charge in [0.1, 0.15) is 5.82 Å². The summed E-state index contributed by atoms with van der Waals surface area (Å²) in [4.78, 5) is 24.1. The third-order valence-corrected chi connectivity index (χ3v) is 6.13. The number of benzene rings is 1. The van der Waals surface area contributed by atoms with Crippen molar-refractivity contribution < 1.29 is 4.74 Å². The predicted molar refractivity (Wildman–Crippen MR) is 103 cm³/mol. The van der Waals surface area contributed by atoms with E-state index in [1.807, 2.05) is 29.3 Å². The molecular weight excluding hydrogens is 356 g/mol. The second-order valence-electron chi connectivity index (χ2n) is 5.83. The number of nitrogens with zero attached hydrogens (tertiary/aromatic N) is 2. The SMILES string of the molecule is O=c1[nH]c(CSC2CCOCC2)nc2cc(Nc3nccs3)ccc12. The van der Waals surface area contributed by atoms with E-state index in [0.29, 0.717) is 21.9 Å². The van der Waals surface area contributed by atoms with Gasteiger partial charge in [-0.15, -0.1) is 11.3 Å². The van der Waals surface area contributed by atoms with Crippen molar-refractivity contribution in [2.45, 2.75) is 23.8 Å². The summed E-state index contributed by atoms with van der Waals surface area (Å²) in [5, 5.41) is 7.15. The summed E-state index contributed by atoms with van der Waals surface area (Å²) in [7, 11) is 0. The van der Waals surface area contributed by atoms with Crippen LogP contribution in [0.4, 0.5) is 10.8 Å². The van der Waals surface area contributed by atoms with E-state index in [1.54, 1.807) is 12.3 Å². The lowest BCUT2D eigenvalue weighted by Crippen LogP contribution is -2.18. The lowest BCUT2D eigenvalue weighted by Gasteiger charge is -2.21. The second kappa shape index (κ2) is 7.55. The Balaban J connectivity index is 1.54. The molecule has 0 unspecified atom stereocenters.